The number of nitrogens with one attached hydrogen (secondary N) is 1. The summed E-state index contributed by atoms with van der Waals surface area (Å²) in [5, 5.41) is 14.1. The number of benzene rings is 2. The molecule has 0 saturated carbocycles. The van der Waals surface area contributed by atoms with E-state index in [2.05, 4.69) is 20.8 Å². The molecule has 10 heteroatoms. The lowest BCUT2D eigenvalue weighted by Crippen LogP contribution is -2.33. The zero-order valence-electron chi connectivity index (χ0n) is 16.0. The number of Topliss-reactive ketones (excluding diaryl/α,β-unsaturated/α-hetero) is 1. The molecule has 152 valence electrons. The maximum atomic E-state index is 14.0. The molecule has 0 aliphatic carbocycles. The van der Waals surface area contributed by atoms with Gasteiger partial charge in [0.25, 0.3) is 0 Å². The van der Waals surface area contributed by atoms with Crippen LogP contribution in [0.15, 0.2) is 59.8 Å². The molecule has 3 aromatic rings. The maximum Gasteiger partial charge on any atom is 0.355 e. The van der Waals surface area contributed by atoms with Crippen LogP contribution in [0.3, 0.4) is 0 Å². The molecule has 0 radical (unpaired) electrons. The number of carbonyl (C=O) groups is 2. The van der Waals surface area contributed by atoms with Gasteiger partial charge in [0.15, 0.2) is 5.78 Å². The van der Waals surface area contributed by atoms with Crippen LogP contribution < -0.4 is 10.1 Å². The largest absolute Gasteiger partial charge is 0.497 e. The molecule has 0 spiro atoms. The number of carbonyl (C=O) groups excluding carboxylic acids is 2. The van der Waals surface area contributed by atoms with Crippen molar-refractivity contribution >= 4 is 17.7 Å². The standard InChI is InChI=1S/C20H16FN5O4/c1-29-14-8-6-11(7-9-14)18(27)15-16(19(28)30-2)22-20-23-24-25-26(20)17(15)12-4-3-5-13(21)10-12/h3-10,17H,1-2H3,(H,22,23,25)/t17-/m1/s1. The minimum absolute atomic E-state index is 0.0254. The second-order valence-corrected chi connectivity index (χ2v) is 6.37. The van der Waals surface area contributed by atoms with E-state index >= 15 is 0 Å². The second kappa shape index (κ2) is 7.74. The Hall–Kier alpha value is -4.08. The fraction of sp³-hybridized carbons (Fsp3) is 0.150. The summed E-state index contributed by atoms with van der Waals surface area (Å²) in [6, 6.07) is 11.1. The lowest BCUT2D eigenvalue weighted by molar-refractivity contribution is -0.136. The van der Waals surface area contributed by atoms with Crippen molar-refractivity contribution in [1.82, 2.24) is 20.2 Å². The molecule has 0 bridgehead atoms. The van der Waals surface area contributed by atoms with Crippen LogP contribution in [0.2, 0.25) is 0 Å². The minimum Gasteiger partial charge on any atom is -0.497 e. The predicted octanol–water partition coefficient (Wildman–Crippen LogP) is 2.15. The van der Waals surface area contributed by atoms with Crippen LogP contribution in [0.1, 0.15) is 22.0 Å². The van der Waals surface area contributed by atoms with Gasteiger partial charge in [-0.15, -0.1) is 0 Å². The van der Waals surface area contributed by atoms with E-state index in [0.29, 0.717) is 16.9 Å². The van der Waals surface area contributed by atoms with Gasteiger partial charge in [0.1, 0.15) is 23.3 Å². The van der Waals surface area contributed by atoms with Gasteiger partial charge in [-0.3, -0.25) is 4.79 Å². The Kier molecular flexibility index (Phi) is 4.97. The van der Waals surface area contributed by atoms with Crippen molar-refractivity contribution in [3.63, 3.8) is 0 Å². The first-order chi connectivity index (χ1) is 14.5. The highest BCUT2D eigenvalue weighted by atomic mass is 19.1. The molecule has 1 aromatic heterocycles. The van der Waals surface area contributed by atoms with Crippen molar-refractivity contribution in [1.29, 1.82) is 0 Å². The van der Waals surface area contributed by atoms with Crippen molar-refractivity contribution in [2.24, 2.45) is 0 Å². The third-order valence-corrected chi connectivity index (χ3v) is 4.67. The van der Waals surface area contributed by atoms with Crippen molar-refractivity contribution < 1.29 is 23.5 Å². The Bertz CT molecular complexity index is 1160. The molecule has 30 heavy (non-hydrogen) atoms. The monoisotopic (exact) mass is 409 g/mol. The number of halogens is 1. The van der Waals surface area contributed by atoms with Crippen LogP contribution >= 0.6 is 0 Å². The first-order valence-corrected chi connectivity index (χ1v) is 8.85. The number of methoxy groups -OCH3 is 2. The smallest absolute Gasteiger partial charge is 0.355 e. The van der Waals surface area contributed by atoms with Gasteiger partial charge in [-0.1, -0.05) is 17.2 Å². The number of anilines is 1. The number of allylic oxidation sites excluding steroid dienone is 1. The third kappa shape index (κ3) is 3.28. The summed E-state index contributed by atoms with van der Waals surface area (Å²) in [7, 11) is 2.71. The maximum absolute atomic E-state index is 14.0. The lowest BCUT2D eigenvalue weighted by atomic mass is 9.89. The summed E-state index contributed by atoms with van der Waals surface area (Å²) >= 11 is 0. The van der Waals surface area contributed by atoms with Crippen molar-refractivity contribution in [3.8, 4) is 5.75 Å². The molecule has 9 nitrogen and oxygen atoms in total. The number of ether oxygens (including phenoxy) is 2. The number of nitrogens with zero attached hydrogens (tertiary/aromatic N) is 4. The topological polar surface area (TPSA) is 108 Å². The van der Waals surface area contributed by atoms with E-state index in [0.717, 1.165) is 0 Å². The van der Waals surface area contributed by atoms with Crippen LogP contribution in [-0.2, 0) is 9.53 Å². The molecule has 1 aliphatic heterocycles. The second-order valence-electron chi connectivity index (χ2n) is 6.37. The van der Waals surface area contributed by atoms with E-state index < -0.39 is 23.6 Å². The van der Waals surface area contributed by atoms with Crippen LogP contribution in [-0.4, -0.2) is 46.2 Å². The van der Waals surface area contributed by atoms with E-state index in [1.54, 1.807) is 30.3 Å². The van der Waals surface area contributed by atoms with E-state index in [1.165, 1.54) is 37.1 Å². The predicted molar refractivity (Wildman–Crippen MR) is 102 cm³/mol. The molecule has 2 aromatic carbocycles. The fourth-order valence-electron chi connectivity index (χ4n) is 3.27. The number of aromatic nitrogens is 4. The van der Waals surface area contributed by atoms with Gasteiger partial charge in [-0.05, 0) is 52.4 Å². The molecular formula is C20H16FN5O4. The lowest BCUT2D eigenvalue weighted by Gasteiger charge is -2.28. The zero-order valence-corrected chi connectivity index (χ0v) is 16.0. The third-order valence-electron chi connectivity index (χ3n) is 4.67. The number of hydrogen-bond acceptors (Lipinski definition) is 8. The van der Waals surface area contributed by atoms with Crippen LogP contribution in [0.4, 0.5) is 10.3 Å². The van der Waals surface area contributed by atoms with E-state index in [4.69, 9.17) is 9.47 Å². The van der Waals surface area contributed by atoms with Gasteiger partial charge >= 0.3 is 5.97 Å². The highest BCUT2D eigenvalue weighted by Crippen LogP contribution is 2.36. The van der Waals surface area contributed by atoms with Crippen molar-refractivity contribution in [3.05, 3.63) is 76.7 Å². The van der Waals surface area contributed by atoms with Crippen molar-refractivity contribution in [2.75, 3.05) is 19.5 Å². The molecule has 0 unspecified atom stereocenters. The molecule has 0 fully saturated rings. The highest BCUT2D eigenvalue weighted by Gasteiger charge is 2.38. The molecule has 1 N–H and O–H groups in total. The fourth-order valence-corrected chi connectivity index (χ4v) is 3.27. The average molecular weight is 409 g/mol. The summed E-state index contributed by atoms with van der Waals surface area (Å²) in [5.41, 5.74) is 0.600. The van der Waals surface area contributed by atoms with Gasteiger partial charge in [-0.2, -0.15) is 4.68 Å². The Balaban J connectivity index is 1.93. The van der Waals surface area contributed by atoms with Crippen LogP contribution in [0.25, 0.3) is 0 Å². The number of esters is 1. The quantitative estimate of drug-likeness (QED) is 0.504. The summed E-state index contributed by atoms with van der Waals surface area (Å²) in [4.78, 5) is 26.0. The van der Waals surface area contributed by atoms with Gasteiger partial charge in [0.05, 0.1) is 19.8 Å². The Morgan fingerprint density at radius 2 is 1.90 bits per heavy atom. The SMILES string of the molecule is COC(=O)C1=C(C(=O)c2ccc(OC)cc2)[C@@H](c2cccc(F)c2)n2nnnc2N1. The van der Waals surface area contributed by atoms with Crippen LogP contribution in [0, 0.1) is 5.82 Å². The number of fused-ring (bicyclic) bond motifs is 1. The van der Waals surface area contributed by atoms with E-state index in [9.17, 15) is 14.0 Å². The van der Waals surface area contributed by atoms with E-state index in [1.807, 2.05) is 0 Å². The first kappa shape index (κ1) is 19.2. The van der Waals surface area contributed by atoms with Crippen molar-refractivity contribution in [2.45, 2.75) is 6.04 Å². The van der Waals surface area contributed by atoms with E-state index in [-0.39, 0.29) is 17.2 Å². The summed E-state index contributed by atoms with van der Waals surface area (Å²) in [5.74, 6) is -1.06. The Morgan fingerprint density at radius 3 is 2.57 bits per heavy atom. The summed E-state index contributed by atoms with van der Waals surface area (Å²) in [6.07, 6.45) is 0. The first-order valence-electron chi connectivity index (χ1n) is 8.85. The van der Waals surface area contributed by atoms with Crippen LogP contribution in [0.5, 0.6) is 5.75 Å². The zero-order chi connectivity index (χ0) is 21.3. The summed E-state index contributed by atoms with van der Waals surface area (Å²) in [6.45, 7) is 0. The Morgan fingerprint density at radius 1 is 1.13 bits per heavy atom. The molecule has 4 rings (SSSR count). The van der Waals surface area contributed by atoms with Gasteiger partial charge < -0.3 is 14.8 Å². The normalized spacial score (nSPS) is 15.2. The molecule has 0 saturated heterocycles. The Labute approximate surface area is 170 Å². The molecule has 2 heterocycles. The molecular weight excluding hydrogens is 393 g/mol. The average Bonchev–Trinajstić information content (AvgIpc) is 3.25. The van der Waals surface area contributed by atoms with Gasteiger partial charge in [0, 0.05) is 5.56 Å². The van der Waals surface area contributed by atoms with Gasteiger partial charge in [-0.25, -0.2) is 9.18 Å². The highest BCUT2D eigenvalue weighted by molar-refractivity contribution is 6.14. The minimum atomic E-state index is -0.948. The summed E-state index contributed by atoms with van der Waals surface area (Å²) < 4.78 is 25.3. The number of tetrazole rings is 1. The molecule has 0 amide bonds. The number of hydrogen-bond donors (Lipinski definition) is 1. The van der Waals surface area contributed by atoms with Gasteiger partial charge in [0.2, 0.25) is 5.95 Å². The number of rotatable bonds is 5. The number of ketones is 1. The molecule has 1 atom stereocenters. The molecule has 1 aliphatic rings.